The summed E-state index contributed by atoms with van der Waals surface area (Å²) in [5, 5.41) is 2.71. The molecule has 0 fully saturated rings. The molecule has 1 N–H and O–H groups in total. The third-order valence-corrected chi connectivity index (χ3v) is 1.99. The summed E-state index contributed by atoms with van der Waals surface area (Å²) in [5.74, 6) is 0.267. The molecule has 0 aromatic carbocycles. The first-order valence-corrected chi connectivity index (χ1v) is 5.72. The Labute approximate surface area is 95.3 Å². The molecule has 15 heavy (non-hydrogen) atoms. The summed E-state index contributed by atoms with van der Waals surface area (Å²) in [4.78, 5) is 22.0. The number of hydrogen-bond acceptors (Lipinski definition) is 3. The zero-order chi connectivity index (χ0) is 11.5. The normalized spacial score (nSPS) is 9.73. The molecule has 0 aromatic rings. The van der Waals surface area contributed by atoms with Crippen LogP contribution in [-0.4, -0.2) is 30.9 Å². The largest absolute Gasteiger partial charge is 0.466 e. The first-order valence-electron chi connectivity index (χ1n) is 5.19. The van der Waals surface area contributed by atoms with Crippen LogP contribution in [0, 0.1) is 0 Å². The van der Waals surface area contributed by atoms with Gasteiger partial charge < -0.3 is 10.1 Å². The van der Waals surface area contributed by atoms with E-state index in [0.29, 0.717) is 44.7 Å². The van der Waals surface area contributed by atoms with Crippen LogP contribution < -0.4 is 5.32 Å². The Balaban J connectivity index is 3.30. The van der Waals surface area contributed by atoms with E-state index < -0.39 is 0 Å². The molecule has 0 aromatic heterocycles. The van der Waals surface area contributed by atoms with Gasteiger partial charge in [-0.05, 0) is 19.8 Å². The van der Waals surface area contributed by atoms with Gasteiger partial charge >= 0.3 is 5.97 Å². The van der Waals surface area contributed by atoms with Crippen LogP contribution in [0.15, 0.2) is 0 Å². The van der Waals surface area contributed by atoms with Gasteiger partial charge in [0.15, 0.2) is 0 Å². The van der Waals surface area contributed by atoms with Crippen molar-refractivity contribution in [1.29, 1.82) is 0 Å². The summed E-state index contributed by atoms with van der Waals surface area (Å²) < 4.78 is 4.74. The molecule has 0 bridgehead atoms. The van der Waals surface area contributed by atoms with Crippen LogP contribution in [0.4, 0.5) is 0 Å². The highest BCUT2D eigenvalue weighted by Gasteiger charge is 2.02. The van der Waals surface area contributed by atoms with E-state index in [1.807, 2.05) is 0 Å². The monoisotopic (exact) mass is 235 g/mol. The Kier molecular flexibility index (Phi) is 9.27. The standard InChI is InChI=1S/C10H18ClNO3/c1-2-15-10(14)6-4-8-12-9(13)5-3-7-11/h2-8H2,1H3,(H,12,13). The molecule has 0 saturated carbocycles. The second-order valence-corrected chi connectivity index (χ2v) is 3.43. The van der Waals surface area contributed by atoms with E-state index >= 15 is 0 Å². The average Bonchev–Trinajstić information content (AvgIpc) is 2.22. The van der Waals surface area contributed by atoms with Crippen molar-refractivity contribution in [2.45, 2.75) is 32.6 Å². The SMILES string of the molecule is CCOC(=O)CCCNC(=O)CCCCl. The summed E-state index contributed by atoms with van der Waals surface area (Å²) in [7, 11) is 0. The zero-order valence-corrected chi connectivity index (χ0v) is 9.81. The second kappa shape index (κ2) is 9.77. The van der Waals surface area contributed by atoms with Crippen molar-refractivity contribution in [2.24, 2.45) is 0 Å². The number of rotatable bonds is 8. The minimum atomic E-state index is -0.215. The molecule has 0 aliphatic carbocycles. The molecule has 5 heteroatoms. The minimum Gasteiger partial charge on any atom is -0.466 e. The van der Waals surface area contributed by atoms with Gasteiger partial charge in [0.25, 0.3) is 0 Å². The molecule has 0 unspecified atom stereocenters. The van der Waals surface area contributed by atoms with Crippen molar-refractivity contribution in [2.75, 3.05) is 19.0 Å². The van der Waals surface area contributed by atoms with Crippen LogP contribution in [0.2, 0.25) is 0 Å². The summed E-state index contributed by atoms with van der Waals surface area (Å²) in [6, 6.07) is 0. The van der Waals surface area contributed by atoms with E-state index in [2.05, 4.69) is 5.32 Å². The van der Waals surface area contributed by atoms with Gasteiger partial charge in [-0.1, -0.05) is 0 Å². The average molecular weight is 236 g/mol. The zero-order valence-electron chi connectivity index (χ0n) is 9.05. The minimum absolute atomic E-state index is 0.0143. The number of carbonyl (C=O) groups excluding carboxylic acids is 2. The number of ether oxygens (including phenoxy) is 1. The second-order valence-electron chi connectivity index (χ2n) is 3.05. The van der Waals surface area contributed by atoms with Crippen molar-refractivity contribution < 1.29 is 14.3 Å². The third kappa shape index (κ3) is 9.53. The van der Waals surface area contributed by atoms with Crippen molar-refractivity contribution in [3.05, 3.63) is 0 Å². The van der Waals surface area contributed by atoms with E-state index in [4.69, 9.17) is 16.3 Å². The van der Waals surface area contributed by atoms with Gasteiger partial charge in [0.1, 0.15) is 0 Å². The molecule has 0 saturated heterocycles. The number of esters is 1. The van der Waals surface area contributed by atoms with Gasteiger partial charge in [0, 0.05) is 25.3 Å². The van der Waals surface area contributed by atoms with Crippen LogP contribution in [0.5, 0.6) is 0 Å². The number of halogens is 1. The summed E-state index contributed by atoms with van der Waals surface area (Å²) in [6.07, 6.45) is 2.10. The summed E-state index contributed by atoms with van der Waals surface area (Å²) >= 11 is 5.44. The molecule has 0 spiro atoms. The summed E-state index contributed by atoms with van der Waals surface area (Å²) in [5.41, 5.74) is 0. The Hall–Kier alpha value is -0.770. The van der Waals surface area contributed by atoms with Gasteiger partial charge in [-0.25, -0.2) is 0 Å². The molecular weight excluding hydrogens is 218 g/mol. The van der Waals surface area contributed by atoms with E-state index in [1.165, 1.54) is 0 Å². The molecule has 0 atom stereocenters. The predicted octanol–water partition coefficient (Wildman–Crippen LogP) is 1.46. The molecular formula is C10H18ClNO3. The van der Waals surface area contributed by atoms with Crippen LogP contribution in [0.3, 0.4) is 0 Å². The highest BCUT2D eigenvalue weighted by Crippen LogP contribution is 1.94. The van der Waals surface area contributed by atoms with Gasteiger partial charge in [-0.3, -0.25) is 9.59 Å². The summed E-state index contributed by atoms with van der Waals surface area (Å²) in [6.45, 7) is 2.69. The number of hydrogen-bond donors (Lipinski definition) is 1. The molecule has 1 amide bonds. The lowest BCUT2D eigenvalue weighted by atomic mass is 10.3. The lowest BCUT2D eigenvalue weighted by Gasteiger charge is -2.04. The number of carbonyl (C=O) groups is 2. The first kappa shape index (κ1) is 14.2. The Morgan fingerprint density at radius 3 is 2.60 bits per heavy atom. The van der Waals surface area contributed by atoms with Gasteiger partial charge in [-0.2, -0.15) is 0 Å². The van der Waals surface area contributed by atoms with Gasteiger partial charge in [0.05, 0.1) is 6.61 Å². The van der Waals surface area contributed by atoms with Crippen LogP contribution in [0.25, 0.3) is 0 Å². The van der Waals surface area contributed by atoms with Crippen molar-refractivity contribution in [3.63, 3.8) is 0 Å². The molecule has 88 valence electrons. The number of alkyl halides is 1. The lowest BCUT2D eigenvalue weighted by Crippen LogP contribution is -2.24. The Morgan fingerprint density at radius 1 is 1.27 bits per heavy atom. The van der Waals surface area contributed by atoms with E-state index in [9.17, 15) is 9.59 Å². The maximum atomic E-state index is 11.1. The Morgan fingerprint density at radius 2 is 2.00 bits per heavy atom. The van der Waals surface area contributed by atoms with Crippen LogP contribution in [-0.2, 0) is 14.3 Å². The van der Waals surface area contributed by atoms with Crippen LogP contribution in [0.1, 0.15) is 32.6 Å². The van der Waals surface area contributed by atoms with E-state index in [0.717, 1.165) is 0 Å². The van der Waals surface area contributed by atoms with Crippen molar-refractivity contribution in [1.82, 2.24) is 5.32 Å². The fourth-order valence-electron chi connectivity index (χ4n) is 1.01. The van der Waals surface area contributed by atoms with Gasteiger partial charge in [0.2, 0.25) is 5.91 Å². The van der Waals surface area contributed by atoms with E-state index in [1.54, 1.807) is 6.92 Å². The maximum Gasteiger partial charge on any atom is 0.305 e. The maximum absolute atomic E-state index is 11.1. The smallest absolute Gasteiger partial charge is 0.305 e. The lowest BCUT2D eigenvalue weighted by molar-refractivity contribution is -0.143. The highest BCUT2D eigenvalue weighted by atomic mass is 35.5. The number of nitrogens with one attached hydrogen (secondary N) is 1. The van der Waals surface area contributed by atoms with Gasteiger partial charge in [-0.15, -0.1) is 11.6 Å². The third-order valence-electron chi connectivity index (χ3n) is 1.72. The number of amides is 1. The molecule has 0 heterocycles. The predicted molar refractivity (Wildman–Crippen MR) is 58.8 cm³/mol. The fourth-order valence-corrected chi connectivity index (χ4v) is 1.14. The highest BCUT2D eigenvalue weighted by molar-refractivity contribution is 6.17. The van der Waals surface area contributed by atoms with E-state index in [-0.39, 0.29) is 11.9 Å². The fraction of sp³-hybridized carbons (Fsp3) is 0.800. The molecule has 0 rings (SSSR count). The molecule has 0 radical (unpaired) electrons. The molecule has 4 nitrogen and oxygen atoms in total. The first-order chi connectivity index (χ1) is 7.20. The topological polar surface area (TPSA) is 55.4 Å². The van der Waals surface area contributed by atoms with Crippen molar-refractivity contribution >= 4 is 23.5 Å². The Bertz CT molecular complexity index is 197. The van der Waals surface area contributed by atoms with Crippen molar-refractivity contribution in [3.8, 4) is 0 Å². The quantitative estimate of drug-likeness (QED) is 0.394. The molecule has 0 aliphatic heterocycles. The van der Waals surface area contributed by atoms with Crippen LogP contribution >= 0.6 is 11.6 Å². The molecule has 0 aliphatic rings.